The van der Waals surface area contributed by atoms with Gasteiger partial charge in [0, 0.05) is 34.0 Å². The van der Waals surface area contributed by atoms with Gasteiger partial charge in [-0.25, -0.2) is 0 Å². The van der Waals surface area contributed by atoms with E-state index in [0.29, 0.717) is 0 Å². The zero-order valence-electron chi connectivity index (χ0n) is 9.71. The quantitative estimate of drug-likeness (QED) is 0.471. The van der Waals surface area contributed by atoms with E-state index in [1.165, 1.54) is 32.4 Å². The molecule has 0 radical (unpaired) electrons. The van der Waals surface area contributed by atoms with Crippen LogP contribution in [-0.4, -0.2) is 45.2 Å². The van der Waals surface area contributed by atoms with Crippen LogP contribution >= 0.6 is 0 Å². The minimum atomic E-state index is -1.50. The molecular formula is C9H21N3O3. The third-order valence-corrected chi connectivity index (χ3v) is 2.60. The topological polar surface area (TPSA) is 73.4 Å². The molecule has 0 aromatic rings. The predicted octanol–water partition coefficient (Wildman–Crippen LogP) is -0.768. The van der Waals surface area contributed by atoms with Gasteiger partial charge in [-0.05, 0) is 6.42 Å². The number of hydrogen-bond acceptors (Lipinski definition) is 5. The molecule has 0 aromatic carbocycles. The number of nitrogens with zero attached hydrogens (tertiary/aromatic N) is 1. The highest BCUT2D eigenvalue weighted by atomic mass is 16.6. The normalized spacial score (nSPS) is 18.6. The van der Waals surface area contributed by atoms with Gasteiger partial charge < -0.3 is 14.6 Å². The summed E-state index contributed by atoms with van der Waals surface area (Å²) in [6.07, 6.45) is 2.57. The molecule has 0 saturated carbocycles. The van der Waals surface area contributed by atoms with E-state index in [9.17, 15) is 0 Å². The number of carbonyl (C=O) groups is 1. The summed E-state index contributed by atoms with van der Waals surface area (Å²) >= 11 is 0. The fraction of sp³-hybridized carbons (Fsp3) is 0.889. The minimum Gasteiger partial charge on any atom is -0.553 e. The molecule has 1 fully saturated rings. The Morgan fingerprint density at radius 2 is 1.60 bits per heavy atom. The summed E-state index contributed by atoms with van der Waals surface area (Å²) in [6, 6.07) is 0. The maximum absolute atomic E-state index is 9.03. The van der Waals surface area contributed by atoms with Crippen molar-refractivity contribution in [2.24, 2.45) is 0 Å². The molecule has 0 bridgehead atoms. The summed E-state index contributed by atoms with van der Waals surface area (Å²) < 4.78 is 4.44. The van der Waals surface area contributed by atoms with Crippen molar-refractivity contribution in [3.8, 4) is 0 Å². The molecule has 0 unspecified atom stereocenters. The lowest BCUT2D eigenvalue weighted by Crippen LogP contribution is -2.65. The van der Waals surface area contributed by atoms with Gasteiger partial charge in [0.2, 0.25) is 0 Å². The molecule has 1 aliphatic rings. The number of nitrogens with one attached hydrogen (secondary N) is 2. The summed E-state index contributed by atoms with van der Waals surface area (Å²) in [7, 11) is 5.07. The van der Waals surface area contributed by atoms with Crippen LogP contribution in [0, 0.1) is 0 Å². The van der Waals surface area contributed by atoms with Crippen LogP contribution < -0.4 is 16.0 Å². The SMILES string of the molecule is CN[N+]1(NC)CCCCC1.COC(=O)[O-]. The molecule has 1 aliphatic heterocycles. The Hall–Kier alpha value is -0.850. The monoisotopic (exact) mass is 219 g/mol. The molecule has 6 nitrogen and oxygen atoms in total. The van der Waals surface area contributed by atoms with Gasteiger partial charge in [-0.1, -0.05) is 0 Å². The van der Waals surface area contributed by atoms with Gasteiger partial charge in [-0.2, -0.15) is 15.6 Å². The van der Waals surface area contributed by atoms with E-state index in [1.54, 1.807) is 0 Å². The average Bonchev–Trinajstić information content (AvgIpc) is 2.30. The lowest BCUT2D eigenvalue weighted by Gasteiger charge is -2.37. The van der Waals surface area contributed by atoms with Crippen molar-refractivity contribution in [1.82, 2.24) is 10.9 Å². The second-order valence-electron chi connectivity index (χ2n) is 3.38. The van der Waals surface area contributed by atoms with E-state index in [2.05, 4.69) is 15.6 Å². The fourth-order valence-corrected chi connectivity index (χ4v) is 1.61. The highest BCUT2D eigenvalue weighted by Gasteiger charge is 2.26. The first kappa shape index (κ1) is 14.2. The molecule has 0 aromatic heterocycles. The van der Waals surface area contributed by atoms with Gasteiger partial charge in [0.1, 0.15) is 13.1 Å². The van der Waals surface area contributed by atoms with Crippen LogP contribution in [0.4, 0.5) is 4.79 Å². The second kappa shape index (κ2) is 7.44. The van der Waals surface area contributed by atoms with Crippen LogP contribution in [0.15, 0.2) is 0 Å². The Morgan fingerprint density at radius 1 is 1.20 bits per heavy atom. The van der Waals surface area contributed by atoms with Gasteiger partial charge in [0.15, 0.2) is 0 Å². The van der Waals surface area contributed by atoms with Crippen molar-refractivity contribution in [3.63, 3.8) is 0 Å². The van der Waals surface area contributed by atoms with Crippen LogP contribution in [0.1, 0.15) is 19.3 Å². The molecule has 0 aliphatic carbocycles. The Balaban J connectivity index is 0.000000336. The van der Waals surface area contributed by atoms with Crippen LogP contribution in [0.2, 0.25) is 0 Å². The highest BCUT2D eigenvalue weighted by Crippen LogP contribution is 2.11. The maximum Gasteiger partial charge on any atom is 0.251 e. The zero-order chi connectivity index (χ0) is 11.7. The number of carbonyl (C=O) groups excluding carboxylic acids is 1. The molecule has 15 heavy (non-hydrogen) atoms. The number of rotatable bonds is 2. The van der Waals surface area contributed by atoms with Crippen LogP contribution in [0.3, 0.4) is 0 Å². The first-order valence-electron chi connectivity index (χ1n) is 5.10. The summed E-state index contributed by atoms with van der Waals surface area (Å²) in [6.45, 7) is 2.43. The molecule has 1 rings (SSSR count). The van der Waals surface area contributed by atoms with E-state index < -0.39 is 6.16 Å². The van der Waals surface area contributed by atoms with E-state index in [-0.39, 0.29) is 0 Å². The molecule has 90 valence electrons. The molecule has 6 heteroatoms. The van der Waals surface area contributed by atoms with Gasteiger partial charge >= 0.3 is 0 Å². The summed E-state index contributed by atoms with van der Waals surface area (Å²) in [5.41, 5.74) is 6.59. The predicted molar refractivity (Wildman–Crippen MR) is 54.4 cm³/mol. The fourth-order valence-electron chi connectivity index (χ4n) is 1.61. The standard InChI is InChI=1S/C7H18N3.C2H4O3/c1-8-10(9-2)6-4-3-5-7-10;1-5-2(3)4/h8-9H,3-7H2,1-2H3;1H3,(H,3,4)/q+1;/p-1. The average molecular weight is 219 g/mol. The summed E-state index contributed by atoms with van der Waals surface area (Å²) in [5, 5.41) is 9.03. The van der Waals surface area contributed by atoms with Crippen molar-refractivity contribution in [3.05, 3.63) is 0 Å². The first-order valence-corrected chi connectivity index (χ1v) is 5.10. The lowest BCUT2D eigenvalue weighted by molar-refractivity contribution is -1.01. The maximum atomic E-state index is 9.03. The number of hydrogen-bond donors (Lipinski definition) is 2. The molecule has 2 N–H and O–H groups in total. The van der Waals surface area contributed by atoms with Gasteiger partial charge in [0.05, 0.1) is 0 Å². The Labute approximate surface area is 90.7 Å². The third kappa shape index (κ3) is 5.56. The highest BCUT2D eigenvalue weighted by molar-refractivity contribution is 5.53. The summed E-state index contributed by atoms with van der Waals surface area (Å²) in [5.74, 6) is 0. The number of piperidine rings is 1. The zero-order valence-corrected chi connectivity index (χ0v) is 9.71. The minimum absolute atomic E-state index is 0.889. The molecule has 0 amide bonds. The van der Waals surface area contributed by atoms with Crippen LogP contribution in [0.25, 0.3) is 0 Å². The van der Waals surface area contributed by atoms with Crippen molar-refractivity contribution < 1.29 is 19.3 Å². The van der Waals surface area contributed by atoms with E-state index in [4.69, 9.17) is 9.90 Å². The van der Waals surface area contributed by atoms with Crippen molar-refractivity contribution in [1.29, 1.82) is 0 Å². The van der Waals surface area contributed by atoms with Crippen LogP contribution in [-0.2, 0) is 4.74 Å². The molecule has 1 heterocycles. The van der Waals surface area contributed by atoms with E-state index in [0.717, 1.165) is 11.8 Å². The number of methoxy groups -OCH3 is 1. The van der Waals surface area contributed by atoms with Crippen molar-refractivity contribution in [2.45, 2.75) is 19.3 Å². The van der Waals surface area contributed by atoms with Gasteiger partial charge in [0.25, 0.3) is 6.16 Å². The Bertz CT molecular complexity index is 175. The molecule has 0 spiro atoms. The molecule has 1 saturated heterocycles. The number of quaternary nitrogens is 1. The Morgan fingerprint density at radius 3 is 1.80 bits per heavy atom. The van der Waals surface area contributed by atoms with E-state index >= 15 is 0 Å². The largest absolute Gasteiger partial charge is 0.553 e. The second-order valence-corrected chi connectivity index (χ2v) is 3.38. The van der Waals surface area contributed by atoms with Gasteiger partial charge in [-0.15, -0.1) is 0 Å². The lowest BCUT2D eigenvalue weighted by atomic mass is 10.1. The van der Waals surface area contributed by atoms with Crippen molar-refractivity contribution >= 4 is 6.16 Å². The van der Waals surface area contributed by atoms with Gasteiger partial charge in [-0.3, -0.25) is 0 Å². The van der Waals surface area contributed by atoms with E-state index in [1.807, 2.05) is 14.1 Å². The summed E-state index contributed by atoms with van der Waals surface area (Å²) in [4.78, 5) is 9.03. The molecule has 0 atom stereocenters. The Kier molecular flexibility index (Phi) is 7.02. The number of carboxylic acid groups (broad SMARTS) is 1. The third-order valence-electron chi connectivity index (χ3n) is 2.60. The first-order chi connectivity index (χ1) is 7.10. The smallest absolute Gasteiger partial charge is 0.251 e. The van der Waals surface area contributed by atoms with Crippen LogP contribution in [0.5, 0.6) is 0 Å². The van der Waals surface area contributed by atoms with Crippen molar-refractivity contribution in [2.75, 3.05) is 34.3 Å². The number of ether oxygens (including phenoxy) is 1. The molecular weight excluding hydrogens is 198 g/mol.